The van der Waals surface area contributed by atoms with Gasteiger partial charge in [0.2, 0.25) is 5.82 Å². The smallest absolute Gasteiger partial charge is 0.159 e. The quantitative estimate of drug-likeness (QED) is 0.739. The number of hydrogen-bond acceptors (Lipinski definition) is 3. The van der Waals surface area contributed by atoms with E-state index in [1.54, 1.807) is 4.80 Å². The van der Waals surface area contributed by atoms with Crippen LogP contribution in [0, 0.1) is 6.92 Å². The van der Waals surface area contributed by atoms with Crippen LogP contribution in [0.4, 0.5) is 0 Å². The van der Waals surface area contributed by atoms with E-state index in [0.717, 1.165) is 10.0 Å². The first-order valence-electron chi connectivity index (χ1n) is 6.30. The number of aryl methyl sites for hydroxylation is 1. The van der Waals surface area contributed by atoms with Gasteiger partial charge >= 0.3 is 0 Å². The molecule has 100 valence electrons. The third-order valence-corrected chi connectivity index (χ3v) is 3.49. The van der Waals surface area contributed by atoms with Crippen molar-refractivity contribution in [2.24, 2.45) is 0 Å². The van der Waals surface area contributed by atoms with Gasteiger partial charge in [0.15, 0.2) is 0 Å². The fourth-order valence-corrected chi connectivity index (χ4v) is 2.26. The van der Waals surface area contributed by atoms with E-state index in [-0.39, 0.29) is 0 Å². The van der Waals surface area contributed by atoms with Gasteiger partial charge < -0.3 is 0 Å². The number of tetrazole rings is 1. The zero-order chi connectivity index (χ0) is 13.9. The van der Waals surface area contributed by atoms with Gasteiger partial charge in [0.1, 0.15) is 0 Å². The molecule has 0 spiro atoms. The summed E-state index contributed by atoms with van der Waals surface area (Å²) in [5.41, 5.74) is 3.36. The van der Waals surface area contributed by atoms with Crippen LogP contribution in [0.3, 0.4) is 0 Å². The summed E-state index contributed by atoms with van der Waals surface area (Å²) in [6, 6.07) is 16.2. The Morgan fingerprint density at radius 2 is 1.90 bits per heavy atom. The van der Waals surface area contributed by atoms with Gasteiger partial charge in [-0.25, -0.2) is 0 Å². The summed E-state index contributed by atoms with van der Waals surface area (Å²) in [6.07, 6.45) is 0. The number of benzene rings is 2. The molecule has 0 N–H and O–H groups in total. The van der Waals surface area contributed by atoms with E-state index in [9.17, 15) is 0 Å². The highest BCUT2D eigenvalue weighted by Gasteiger charge is 2.06. The normalized spacial score (nSPS) is 10.7. The molecule has 3 rings (SSSR count). The molecule has 0 aliphatic rings. The van der Waals surface area contributed by atoms with Crippen LogP contribution in [-0.4, -0.2) is 20.2 Å². The molecule has 0 saturated carbocycles. The van der Waals surface area contributed by atoms with Crippen molar-refractivity contribution in [1.82, 2.24) is 20.2 Å². The third-order valence-electron chi connectivity index (χ3n) is 2.96. The van der Waals surface area contributed by atoms with Gasteiger partial charge in [-0.1, -0.05) is 45.8 Å². The molecule has 0 fully saturated rings. The number of hydrogen-bond donors (Lipinski definition) is 0. The topological polar surface area (TPSA) is 43.6 Å². The SMILES string of the molecule is Cc1cccc(Cn2nnc(-c3ccc(Br)cc3)n2)c1. The Balaban J connectivity index is 1.82. The van der Waals surface area contributed by atoms with Crippen LogP contribution >= 0.6 is 15.9 Å². The summed E-state index contributed by atoms with van der Waals surface area (Å²) in [7, 11) is 0. The lowest BCUT2D eigenvalue weighted by Gasteiger charge is -2.00. The fraction of sp³-hybridized carbons (Fsp3) is 0.133. The van der Waals surface area contributed by atoms with Crippen LogP contribution in [0.1, 0.15) is 11.1 Å². The summed E-state index contributed by atoms with van der Waals surface area (Å²) in [5, 5.41) is 12.6. The van der Waals surface area contributed by atoms with Crippen molar-refractivity contribution in [3.63, 3.8) is 0 Å². The van der Waals surface area contributed by atoms with E-state index < -0.39 is 0 Å². The Hall–Kier alpha value is -2.01. The summed E-state index contributed by atoms with van der Waals surface area (Å²) in [5.74, 6) is 0.644. The minimum Gasteiger partial charge on any atom is -0.159 e. The maximum absolute atomic E-state index is 4.41. The lowest BCUT2D eigenvalue weighted by Crippen LogP contribution is -2.04. The molecule has 0 atom stereocenters. The molecule has 0 bridgehead atoms. The molecule has 0 aliphatic carbocycles. The van der Waals surface area contributed by atoms with Crippen LogP contribution in [0.2, 0.25) is 0 Å². The van der Waals surface area contributed by atoms with E-state index in [2.05, 4.69) is 56.5 Å². The average Bonchev–Trinajstić information content (AvgIpc) is 2.88. The second kappa shape index (κ2) is 5.54. The lowest BCUT2D eigenvalue weighted by molar-refractivity contribution is 0.572. The Labute approximate surface area is 125 Å². The van der Waals surface area contributed by atoms with Gasteiger partial charge in [-0.15, -0.1) is 10.2 Å². The molecular formula is C15H13BrN4. The molecule has 0 radical (unpaired) electrons. The third kappa shape index (κ3) is 2.93. The first kappa shape index (κ1) is 13.0. The van der Waals surface area contributed by atoms with Crippen molar-refractivity contribution in [2.75, 3.05) is 0 Å². The molecule has 3 aromatic rings. The van der Waals surface area contributed by atoms with Gasteiger partial charge in [0, 0.05) is 10.0 Å². The van der Waals surface area contributed by atoms with E-state index in [1.807, 2.05) is 30.3 Å². The van der Waals surface area contributed by atoms with Crippen molar-refractivity contribution >= 4 is 15.9 Å². The standard InChI is InChI=1S/C15H13BrN4/c1-11-3-2-4-12(9-11)10-20-18-15(17-19-20)13-5-7-14(16)8-6-13/h2-9H,10H2,1H3. The first-order valence-corrected chi connectivity index (χ1v) is 7.09. The van der Waals surface area contributed by atoms with Gasteiger partial charge in [0.05, 0.1) is 6.54 Å². The monoisotopic (exact) mass is 328 g/mol. The second-order valence-electron chi connectivity index (χ2n) is 4.64. The minimum atomic E-state index is 0.630. The maximum Gasteiger partial charge on any atom is 0.204 e. The van der Waals surface area contributed by atoms with Gasteiger partial charge in [-0.05, 0) is 42.0 Å². The zero-order valence-corrected chi connectivity index (χ0v) is 12.6. The molecule has 0 saturated heterocycles. The molecule has 20 heavy (non-hydrogen) atoms. The summed E-state index contributed by atoms with van der Waals surface area (Å²) in [6.45, 7) is 2.71. The van der Waals surface area contributed by atoms with E-state index in [0.29, 0.717) is 12.4 Å². The Kier molecular flexibility index (Phi) is 3.60. The number of aromatic nitrogens is 4. The highest BCUT2D eigenvalue weighted by Crippen LogP contribution is 2.17. The van der Waals surface area contributed by atoms with Crippen LogP contribution in [0.15, 0.2) is 53.0 Å². The molecule has 0 amide bonds. The van der Waals surface area contributed by atoms with Gasteiger partial charge in [-0.2, -0.15) is 4.80 Å². The van der Waals surface area contributed by atoms with Gasteiger partial charge in [0.25, 0.3) is 0 Å². The van der Waals surface area contributed by atoms with Crippen LogP contribution in [0.25, 0.3) is 11.4 Å². The highest BCUT2D eigenvalue weighted by molar-refractivity contribution is 9.10. The molecular weight excluding hydrogens is 316 g/mol. The molecule has 0 aliphatic heterocycles. The summed E-state index contributed by atoms with van der Waals surface area (Å²) < 4.78 is 1.04. The molecule has 1 aromatic heterocycles. The van der Waals surface area contributed by atoms with E-state index in [1.165, 1.54) is 11.1 Å². The van der Waals surface area contributed by atoms with Crippen LogP contribution in [0.5, 0.6) is 0 Å². The van der Waals surface area contributed by atoms with Crippen molar-refractivity contribution < 1.29 is 0 Å². The predicted molar refractivity (Wildman–Crippen MR) is 81.2 cm³/mol. The lowest BCUT2D eigenvalue weighted by atomic mass is 10.1. The highest BCUT2D eigenvalue weighted by atomic mass is 79.9. The molecule has 2 aromatic carbocycles. The van der Waals surface area contributed by atoms with E-state index >= 15 is 0 Å². The van der Waals surface area contributed by atoms with Crippen LogP contribution in [-0.2, 0) is 6.54 Å². The Morgan fingerprint density at radius 1 is 1.10 bits per heavy atom. The Morgan fingerprint density at radius 3 is 2.65 bits per heavy atom. The largest absolute Gasteiger partial charge is 0.204 e. The number of nitrogens with zero attached hydrogens (tertiary/aromatic N) is 4. The molecule has 5 heteroatoms. The van der Waals surface area contributed by atoms with Crippen molar-refractivity contribution in [1.29, 1.82) is 0 Å². The van der Waals surface area contributed by atoms with Crippen molar-refractivity contribution in [2.45, 2.75) is 13.5 Å². The second-order valence-corrected chi connectivity index (χ2v) is 5.56. The Bertz CT molecular complexity index is 719. The zero-order valence-electron chi connectivity index (χ0n) is 11.0. The maximum atomic E-state index is 4.41. The molecule has 1 heterocycles. The van der Waals surface area contributed by atoms with Crippen molar-refractivity contribution in [3.8, 4) is 11.4 Å². The molecule has 4 nitrogen and oxygen atoms in total. The number of rotatable bonds is 3. The average molecular weight is 329 g/mol. The summed E-state index contributed by atoms with van der Waals surface area (Å²) >= 11 is 3.41. The van der Waals surface area contributed by atoms with Gasteiger partial charge in [-0.3, -0.25) is 0 Å². The van der Waals surface area contributed by atoms with E-state index in [4.69, 9.17) is 0 Å². The number of halogens is 1. The predicted octanol–water partition coefficient (Wildman–Crippen LogP) is 3.46. The molecule has 0 unspecified atom stereocenters. The minimum absolute atomic E-state index is 0.630. The first-order chi connectivity index (χ1) is 9.70. The fourth-order valence-electron chi connectivity index (χ4n) is 2.00. The summed E-state index contributed by atoms with van der Waals surface area (Å²) in [4.78, 5) is 1.62. The van der Waals surface area contributed by atoms with Crippen molar-refractivity contribution in [3.05, 3.63) is 64.1 Å². The van der Waals surface area contributed by atoms with Crippen LogP contribution < -0.4 is 0 Å².